The molecule has 0 aromatic heterocycles. The molecule has 1 amide bonds. The molecule has 2 aromatic rings. The van der Waals surface area contributed by atoms with E-state index >= 15 is 0 Å². The summed E-state index contributed by atoms with van der Waals surface area (Å²) in [5.41, 5.74) is 1.19. The Labute approximate surface area is 204 Å². The third-order valence-electron chi connectivity index (χ3n) is 5.76. The fourth-order valence-corrected chi connectivity index (χ4v) is 3.97. The van der Waals surface area contributed by atoms with Crippen LogP contribution in [0, 0.1) is 23.0 Å². The molecule has 1 N–H and O–H groups in total. The lowest BCUT2D eigenvalue weighted by molar-refractivity contribution is -0.384. The average molecular weight is 482 g/mol. The summed E-state index contributed by atoms with van der Waals surface area (Å²) in [7, 11) is 3.68. The second-order valence-electron chi connectivity index (χ2n) is 9.33. The maximum Gasteiger partial charge on any atom is 0.295 e. The summed E-state index contributed by atoms with van der Waals surface area (Å²) < 4.78 is 5.75. The van der Waals surface area contributed by atoms with E-state index < -0.39 is 22.7 Å². The zero-order chi connectivity index (χ0) is 25.9. The van der Waals surface area contributed by atoms with Crippen molar-refractivity contribution in [3.8, 4) is 5.75 Å². The fourth-order valence-electron chi connectivity index (χ4n) is 3.97. The van der Waals surface area contributed by atoms with Gasteiger partial charge in [0.05, 0.1) is 23.1 Å². The number of aliphatic hydroxyl groups excluding tert-OH is 1. The van der Waals surface area contributed by atoms with Crippen molar-refractivity contribution in [2.45, 2.75) is 26.8 Å². The van der Waals surface area contributed by atoms with Crippen LogP contribution in [0.25, 0.3) is 5.76 Å². The molecule has 9 heteroatoms. The van der Waals surface area contributed by atoms with Gasteiger partial charge in [0.25, 0.3) is 17.4 Å². The van der Waals surface area contributed by atoms with Crippen molar-refractivity contribution in [1.29, 1.82) is 0 Å². The van der Waals surface area contributed by atoms with Gasteiger partial charge in [0.15, 0.2) is 0 Å². The van der Waals surface area contributed by atoms with Crippen LogP contribution in [0.5, 0.6) is 5.75 Å². The highest BCUT2D eigenvalue weighted by molar-refractivity contribution is 6.46. The number of carbonyl (C=O) groups excluding carboxylic acids is 2. The Balaban J connectivity index is 2.12. The quantitative estimate of drug-likeness (QED) is 0.190. The maximum atomic E-state index is 13.2. The number of Topliss-reactive ketones (excluding diaryl/α,β-unsaturated/α-hetero) is 1. The zero-order valence-electron chi connectivity index (χ0n) is 20.6. The summed E-state index contributed by atoms with van der Waals surface area (Å²) in [6.07, 6.45) is 0. The minimum Gasteiger partial charge on any atom is -0.507 e. The largest absolute Gasteiger partial charge is 0.507 e. The predicted octanol–water partition coefficient (Wildman–Crippen LogP) is 3.92. The van der Waals surface area contributed by atoms with E-state index in [1.54, 1.807) is 31.2 Å². The number of likely N-dealkylation sites (tertiary alicyclic amines) is 1. The van der Waals surface area contributed by atoms with Crippen LogP contribution in [0.2, 0.25) is 0 Å². The highest BCUT2D eigenvalue weighted by atomic mass is 16.6. The summed E-state index contributed by atoms with van der Waals surface area (Å²) in [4.78, 5) is 40.2. The molecule has 0 unspecified atom stereocenters. The number of ether oxygens (including phenoxy) is 1. The van der Waals surface area contributed by atoms with Crippen molar-refractivity contribution in [2.75, 3.05) is 33.8 Å². The second-order valence-corrected chi connectivity index (χ2v) is 9.33. The standard InChI is InChI=1S/C26H31N3O6/c1-16(2)15-35-20-9-10-21(17(3)13-20)24(30)22-23(18-7-6-8-19(14-18)29(33)34)28(12-11-27(4)5)26(32)25(22)31/h6-10,13-14,16,23,30H,11-12,15H2,1-5H3/t23-/m0/s1. The lowest BCUT2D eigenvalue weighted by atomic mass is 9.93. The van der Waals surface area contributed by atoms with E-state index in [-0.39, 0.29) is 23.6 Å². The number of carbonyl (C=O) groups is 2. The van der Waals surface area contributed by atoms with Crippen LogP contribution < -0.4 is 4.74 Å². The van der Waals surface area contributed by atoms with Crippen molar-refractivity contribution in [1.82, 2.24) is 9.80 Å². The van der Waals surface area contributed by atoms with Crippen LogP contribution in [0.15, 0.2) is 48.0 Å². The first kappa shape index (κ1) is 25.9. The first-order chi connectivity index (χ1) is 16.5. The molecule has 1 saturated heterocycles. The number of non-ortho nitro benzene ring substituents is 1. The molecule has 0 bridgehead atoms. The van der Waals surface area contributed by atoms with Gasteiger partial charge in [-0.2, -0.15) is 0 Å². The van der Waals surface area contributed by atoms with Crippen LogP contribution in [-0.2, 0) is 9.59 Å². The number of hydrogen-bond donors (Lipinski definition) is 1. The van der Waals surface area contributed by atoms with Gasteiger partial charge < -0.3 is 19.6 Å². The van der Waals surface area contributed by atoms with Gasteiger partial charge in [-0.1, -0.05) is 26.0 Å². The summed E-state index contributed by atoms with van der Waals surface area (Å²) >= 11 is 0. The number of hydrogen-bond acceptors (Lipinski definition) is 7. The van der Waals surface area contributed by atoms with Crippen molar-refractivity contribution in [3.05, 3.63) is 74.8 Å². The molecule has 0 radical (unpaired) electrons. The topological polar surface area (TPSA) is 113 Å². The molecule has 1 fully saturated rings. The molecule has 0 saturated carbocycles. The SMILES string of the molecule is Cc1cc(OCC(C)C)ccc1C(O)=C1C(=O)C(=O)N(CCN(C)C)[C@H]1c1cccc([N+](=O)[O-])c1. The highest BCUT2D eigenvalue weighted by Crippen LogP contribution is 2.40. The Hall–Kier alpha value is -3.72. The number of aliphatic hydroxyl groups is 1. The van der Waals surface area contributed by atoms with Crippen molar-refractivity contribution < 1.29 is 24.4 Å². The molecule has 186 valence electrons. The van der Waals surface area contributed by atoms with Crippen LogP contribution in [0.3, 0.4) is 0 Å². The third kappa shape index (κ3) is 5.68. The van der Waals surface area contributed by atoms with E-state index in [0.29, 0.717) is 41.5 Å². The molecule has 0 spiro atoms. The molecule has 0 aliphatic carbocycles. The molecule has 1 aliphatic rings. The van der Waals surface area contributed by atoms with E-state index in [4.69, 9.17) is 4.74 Å². The van der Waals surface area contributed by atoms with Crippen LogP contribution >= 0.6 is 0 Å². The molecule has 1 aliphatic heterocycles. The number of nitro benzene ring substituents is 1. The number of ketones is 1. The van der Waals surface area contributed by atoms with Gasteiger partial charge in [-0.15, -0.1) is 0 Å². The van der Waals surface area contributed by atoms with E-state index in [2.05, 4.69) is 0 Å². The lowest BCUT2D eigenvalue weighted by Gasteiger charge is -2.26. The Bertz CT molecular complexity index is 1170. The maximum absolute atomic E-state index is 13.2. The zero-order valence-corrected chi connectivity index (χ0v) is 20.6. The van der Waals surface area contributed by atoms with Crippen LogP contribution in [-0.4, -0.2) is 65.3 Å². The minimum absolute atomic E-state index is 0.0896. The second kappa shape index (κ2) is 10.7. The smallest absolute Gasteiger partial charge is 0.295 e. The summed E-state index contributed by atoms with van der Waals surface area (Å²) in [5, 5.41) is 22.7. The number of aryl methyl sites for hydroxylation is 1. The van der Waals surface area contributed by atoms with Gasteiger partial charge in [-0.05, 0) is 56.3 Å². The molecular formula is C26H31N3O6. The number of rotatable bonds is 9. The normalized spacial score (nSPS) is 17.5. The van der Waals surface area contributed by atoms with Gasteiger partial charge in [-0.25, -0.2) is 0 Å². The minimum atomic E-state index is -0.953. The number of nitrogens with zero attached hydrogens (tertiary/aromatic N) is 3. The Morgan fingerprint density at radius 2 is 1.91 bits per heavy atom. The van der Waals surface area contributed by atoms with E-state index in [1.807, 2.05) is 32.8 Å². The summed E-state index contributed by atoms with van der Waals surface area (Å²) in [5.74, 6) is -0.914. The van der Waals surface area contributed by atoms with Crippen molar-refractivity contribution in [2.24, 2.45) is 5.92 Å². The van der Waals surface area contributed by atoms with Crippen LogP contribution in [0.1, 0.15) is 36.6 Å². The number of likely N-dealkylation sites (N-methyl/N-ethyl adjacent to an activating group) is 1. The molecule has 9 nitrogen and oxygen atoms in total. The molecule has 1 atom stereocenters. The van der Waals surface area contributed by atoms with Gasteiger partial charge >= 0.3 is 0 Å². The van der Waals surface area contributed by atoms with E-state index in [1.165, 1.54) is 23.1 Å². The van der Waals surface area contributed by atoms with Crippen LogP contribution in [0.4, 0.5) is 5.69 Å². The summed E-state index contributed by atoms with van der Waals surface area (Å²) in [6.45, 7) is 7.07. The lowest BCUT2D eigenvalue weighted by Crippen LogP contribution is -2.35. The molecule has 1 heterocycles. The molecule has 3 rings (SSSR count). The number of nitro groups is 1. The molecule has 2 aromatic carbocycles. The molecular weight excluding hydrogens is 450 g/mol. The third-order valence-corrected chi connectivity index (χ3v) is 5.76. The van der Waals surface area contributed by atoms with Gasteiger partial charge in [0, 0.05) is 30.8 Å². The Kier molecular flexibility index (Phi) is 7.91. The average Bonchev–Trinajstić information content (AvgIpc) is 3.06. The summed E-state index contributed by atoms with van der Waals surface area (Å²) in [6, 6.07) is 9.97. The van der Waals surface area contributed by atoms with Gasteiger partial charge in [0.1, 0.15) is 11.5 Å². The molecule has 35 heavy (non-hydrogen) atoms. The predicted molar refractivity (Wildman–Crippen MR) is 132 cm³/mol. The Morgan fingerprint density at radius 3 is 2.51 bits per heavy atom. The van der Waals surface area contributed by atoms with Crippen molar-refractivity contribution >= 4 is 23.1 Å². The monoisotopic (exact) mass is 481 g/mol. The van der Waals surface area contributed by atoms with Crippen molar-refractivity contribution in [3.63, 3.8) is 0 Å². The Morgan fingerprint density at radius 1 is 1.20 bits per heavy atom. The van der Waals surface area contributed by atoms with Gasteiger partial charge in [0.2, 0.25) is 0 Å². The van der Waals surface area contributed by atoms with Gasteiger partial charge in [-0.3, -0.25) is 19.7 Å². The first-order valence-corrected chi connectivity index (χ1v) is 11.4. The van der Waals surface area contributed by atoms with E-state index in [9.17, 15) is 24.8 Å². The fraction of sp³-hybridized carbons (Fsp3) is 0.385. The van der Waals surface area contributed by atoms with E-state index in [0.717, 1.165) is 0 Å². The number of benzene rings is 2. The number of amides is 1. The first-order valence-electron chi connectivity index (χ1n) is 11.4. The highest BCUT2D eigenvalue weighted by Gasteiger charge is 2.46.